The van der Waals surface area contributed by atoms with Crippen molar-refractivity contribution in [3.8, 4) is 5.75 Å². The molecule has 164 valence electrons. The van der Waals surface area contributed by atoms with Crippen molar-refractivity contribution in [2.45, 2.75) is 51.0 Å². The number of aromatic hydroxyl groups is 1. The van der Waals surface area contributed by atoms with Crippen molar-refractivity contribution < 1.29 is 19.1 Å². The first-order valence-corrected chi connectivity index (χ1v) is 11.1. The van der Waals surface area contributed by atoms with Gasteiger partial charge >= 0.3 is 0 Å². The quantitative estimate of drug-likeness (QED) is 0.791. The Morgan fingerprint density at radius 2 is 1.65 bits per heavy atom. The molecule has 2 N–H and O–H groups in total. The van der Waals surface area contributed by atoms with E-state index < -0.39 is 11.6 Å². The first-order chi connectivity index (χ1) is 15.0. The molecule has 0 aromatic heterocycles. The van der Waals surface area contributed by atoms with Gasteiger partial charge in [0.1, 0.15) is 0 Å². The topological polar surface area (TPSA) is 69.6 Å². The molecule has 2 amide bonds. The number of nitrogens with zero attached hydrogens (tertiary/aromatic N) is 1. The van der Waals surface area contributed by atoms with Crippen LogP contribution in [0.25, 0.3) is 0 Å². The summed E-state index contributed by atoms with van der Waals surface area (Å²) in [6.45, 7) is 1.55. The number of fused-ring (bicyclic) bond motifs is 1. The minimum atomic E-state index is -0.721. The van der Waals surface area contributed by atoms with Crippen molar-refractivity contribution in [1.29, 1.82) is 0 Å². The van der Waals surface area contributed by atoms with Crippen molar-refractivity contribution in [1.82, 2.24) is 10.2 Å². The predicted octanol–water partition coefficient (Wildman–Crippen LogP) is 3.38. The first kappa shape index (κ1) is 21.3. The van der Waals surface area contributed by atoms with Crippen LogP contribution in [0.2, 0.25) is 0 Å². The summed E-state index contributed by atoms with van der Waals surface area (Å²) in [6.07, 6.45) is 5.00. The van der Waals surface area contributed by atoms with E-state index in [1.165, 1.54) is 23.3 Å². The zero-order chi connectivity index (χ0) is 21.8. The van der Waals surface area contributed by atoms with Crippen LogP contribution in [-0.4, -0.2) is 41.0 Å². The van der Waals surface area contributed by atoms with E-state index in [-0.39, 0.29) is 30.2 Å². The molecule has 1 aliphatic carbocycles. The number of hydrogen-bond donors (Lipinski definition) is 2. The van der Waals surface area contributed by atoms with Gasteiger partial charge in [-0.15, -0.1) is 0 Å². The Morgan fingerprint density at radius 3 is 2.26 bits per heavy atom. The molecule has 0 radical (unpaired) electrons. The molecule has 1 saturated carbocycles. The number of amides is 2. The number of nitrogens with one attached hydrogen (secondary N) is 1. The van der Waals surface area contributed by atoms with E-state index in [4.69, 9.17) is 0 Å². The SMILES string of the molecule is O=C(Cc1ccc(O)c(F)c1)NC1CCC(C(=O)N2CCc3ccccc3CC2)CC1. The highest BCUT2D eigenvalue weighted by molar-refractivity contribution is 5.80. The Kier molecular flexibility index (Phi) is 6.54. The van der Waals surface area contributed by atoms with Crippen LogP contribution in [0.1, 0.15) is 42.4 Å². The highest BCUT2D eigenvalue weighted by Gasteiger charge is 2.30. The second-order valence-electron chi connectivity index (χ2n) is 8.67. The van der Waals surface area contributed by atoms with Crippen LogP contribution in [0.4, 0.5) is 4.39 Å². The number of phenolic OH excluding ortho intramolecular Hbond substituents is 1. The van der Waals surface area contributed by atoms with Gasteiger partial charge in [0.05, 0.1) is 6.42 Å². The first-order valence-electron chi connectivity index (χ1n) is 11.1. The Balaban J connectivity index is 1.24. The smallest absolute Gasteiger partial charge is 0.225 e. The lowest BCUT2D eigenvalue weighted by Crippen LogP contribution is -2.43. The lowest BCUT2D eigenvalue weighted by atomic mass is 9.85. The number of benzene rings is 2. The summed E-state index contributed by atoms with van der Waals surface area (Å²) in [6, 6.07) is 12.5. The average Bonchev–Trinajstić information content (AvgIpc) is 2.99. The van der Waals surface area contributed by atoms with Gasteiger partial charge in [0, 0.05) is 25.0 Å². The molecule has 1 heterocycles. The number of phenols is 1. The fourth-order valence-corrected chi connectivity index (χ4v) is 4.76. The molecule has 0 atom stereocenters. The van der Waals surface area contributed by atoms with E-state index in [1.807, 2.05) is 4.90 Å². The lowest BCUT2D eigenvalue weighted by molar-refractivity contribution is -0.136. The molecule has 2 aromatic rings. The highest BCUT2D eigenvalue weighted by atomic mass is 19.1. The van der Waals surface area contributed by atoms with E-state index in [0.29, 0.717) is 5.56 Å². The van der Waals surface area contributed by atoms with Crippen molar-refractivity contribution >= 4 is 11.8 Å². The standard InChI is InChI=1S/C25H29FN2O3/c26-22-15-17(5-10-23(22)29)16-24(30)27-21-8-6-20(7-9-21)25(31)28-13-11-18-3-1-2-4-19(18)12-14-28/h1-5,10,15,20-21,29H,6-9,11-14,16H2,(H,27,30). The van der Waals surface area contributed by atoms with Gasteiger partial charge in [0.25, 0.3) is 0 Å². The number of halogens is 1. The summed E-state index contributed by atoms with van der Waals surface area (Å²) in [4.78, 5) is 27.4. The molecule has 1 aliphatic heterocycles. The largest absolute Gasteiger partial charge is 0.505 e. The van der Waals surface area contributed by atoms with E-state index in [9.17, 15) is 19.1 Å². The van der Waals surface area contributed by atoms with Crippen LogP contribution in [0.3, 0.4) is 0 Å². The van der Waals surface area contributed by atoms with E-state index in [2.05, 4.69) is 29.6 Å². The third-order valence-corrected chi connectivity index (χ3v) is 6.55. The molecular formula is C25H29FN2O3. The molecule has 31 heavy (non-hydrogen) atoms. The third kappa shape index (κ3) is 5.24. The maximum atomic E-state index is 13.4. The van der Waals surface area contributed by atoms with Gasteiger partial charge in [-0.1, -0.05) is 30.3 Å². The lowest BCUT2D eigenvalue weighted by Gasteiger charge is -2.32. The van der Waals surface area contributed by atoms with Gasteiger partial charge in [-0.05, 0) is 67.3 Å². The summed E-state index contributed by atoms with van der Waals surface area (Å²) in [5.41, 5.74) is 3.22. The molecule has 0 saturated heterocycles. The maximum Gasteiger partial charge on any atom is 0.225 e. The number of carbonyl (C=O) groups excluding carboxylic acids is 2. The number of carbonyl (C=O) groups is 2. The number of rotatable bonds is 4. The molecule has 0 unspecified atom stereocenters. The summed E-state index contributed by atoms with van der Waals surface area (Å²) < 4.78 is 13.4. The van der Waals surface area contributed by atoms with Crippen LogP contribution in [-0.2, 0) is 28.9 Å². The van der Waals surface area contributed by atoms with Crippen molar-refractivity contribution in [3.63, 3.8) is 0 Å². The Bertz CT molecular complexity index is 927. The predicted molar refractivity (Wildman–Crippen MR) is 116 cm³/mol. The molecule has 0 spiro atoms. The second kappa shape index (κ2) is 9.50. The van der Waals surface area contributed by atoms with Crippen LogP contribution in [0, 0.1) is 11.7 Å². The Morgan fingerprint density at radius 1 is 1.00 bits per heavy atom. The molecule has 2 aromatic carbocycles. The van der Waals surface area contributed by atoms with E-state index in [1.54, 1.807) is 6.07 Å². The van der Waals surface area contributed by atoms with E-state index >= 15 is 0 Å². The summed E-state index contributed by atoms with van der Waals surface area (Å²) in [7, 11) is 0. The molecule has 6 heteroatoms. The van der Waals surface area contributed by atoms with Gasteiger partial charge in [0.2, 0.25) is 11.8 Å². The molecule has 1 fully saturated rings. The average molecular weight is 425 g/mol. The van der Waals surface area contributed by atoms with Gasteiger partial charge in [-0.2, -0.15) is 0 Å². The second-order valence-corrected chi connectivity index (χ2v) is 8.67. The van der Waals surface area contributed by atoms with Gasteiger partial charge in [-0.3, -0.25) is 9.59 Å². The normalized spacial score (nSPS) is 21.1. The summed E-state index contributed by atoms with van der Waals surface area (Å²) in [5, 5.41) is 12.3. The van der Waals surface area contributed by atoms with Crippen LogP contribution in [0.5, 0.6) is 5.75 Å². The van der Waals surface area contributed by atoms with Gasteiger partial charge < -0.3 is 15.3 Å². The fraction of sp³-hybridized carbons (Fsp3) is 0.440. The summed E-state index contributed by atoms with van der Waals surface area (Å²) >= 11 is 0. The van der Waals surface area contributed by atoms with Crippen LogP contribution in [0.15, 0.2) is 42.5 Å². The molecular weight excluding hydrogens is 395 g/mol. The van der Waals surface area contributed by atoms with Crippen molar-refractivity contribution in [2.75, 3.05) is 13.1 Å². The molecule has 5 nitrogen and oxygen atoms in total. The van der Waals surface area contributed by atoms with Crippen molar-refractivity contribution in [2.24, 2.45) is 5.92 Å². The zero-order valence-electron chi connectivity index (χ0n) is 17.6. The maximum absolute atomic E-state index is 13.4. The minimum absolute atomic E-state index is 0.0283. The summed E-state index contributed by atoms with van der Waals surface area (Å²) in [5.74, 6) is -1.02. The van der Waals surface area contributed by atoms with Crippen LogP contribution >= 0.6 is 0 Å². The monoisotopic (exact) mass is 424 g/mol. The van der Waals surface area contributed by atoms with Gasteiger partial charge in [0.15, 0.2) is 11.6 Å². The number of hydrogen-bond acceptors (Lipinski definition) is 3. The van der Waals surface area contributed by atoms with Crippen LogP contribution < -0.4 is 5.32 Å². The zero-order valence-corrected chi connectivity index (χ0v) is 17.6. The Hall–Kier alpha value is -2.89. The van der Waals surface area contributed by atoms with E-state index in [0.717, 1.165) is 51.6 Å². The molecule has 4 rings (SSSR count). The van der Waals surface area contributed by atoms with Crippen molar-refractivity contribution in [3.05, 3.63) is 65.0 Å². The molecule has 2 aliphatic rings. The molecule has 0 bridgehead atoms. The van der Waals surface area contributed by atoms with Gasteiger partial charge in [-0.25, -0.2) is 4.39 Å². The minimum Gasteiger partial charge on any atom is -0.505 e. The Labute approximate surface area is 182 Å². The third-order valence-electron chi connectivity index (χ3n) is 6.55. The fourth-order valence-electron chi connectivity index (χ4n) is 4.76. The highest BCUT2D eigenvalue weighted by Crippen LogP contribution is 2.27.